The summed E-state index contributed by atoms with van der Waals surface area (Å²) in [6.07, 6.45) is 4.52. The van der Waals surface area contributed by atoms with E-state index in [2.05, 4.69) is 22.3 Å². The van der Waals surface area contributed by atoms with Crippen LogP contribution in [0.2, 0.25) is 0 Å². The van der Waals surface area contributed by atoms with Gasteiger partial charge in [-0.3, -0.25) is 9.69 Å². The standard InChI is InChI=1S/C20H30N2O4S/c1-26-18-7-5-17(6-8-18)19(22-10-3-2-4-11-22)14-21-20(23)13-16-9-12-27(24,25)15-16/h5-8,16,19H,2-4,9-15H2,1H3,(H,21,23). The first kappa shape index (κ1) is 20.1. The van der Waals surface area contributed by atoms with E-state index in [0.717, 1.165) is 18.8 Å². The molecule has 1 amide bonds. The van der Waals surface area contributed by atoms with Crippen molar-refractivity contribution in [3.8, 4) is 5.75 Å². The number of nitrogens with zero attached hydrogens (tertiary/aromatic N) is 1. The summed E-state index contributed by atoms with van der Waals surface area (Å²) in [6, 6.07) is 8.17. The number of nitrogens with one attached hydrogen (secondary N) is 1. The summed E-state index contributed by atoms with van der Waals surface area (Å²) < 4.78 is 28.4. The highest BCUT2D eigenvalue weighted by atomic mass is 32.2. The molecule has 2 unspecified atom stereocenters. The average Bonchev–Trinajstić information content (AvgIpc) is 3.01. The number of carbonyl (C=O) groups excluding carboxylic acids is 1. The molecule has 150 valence electrons. The maximum absolute atomic E-state index is 12.4. The molecule has 2 saturated heterocycles. The Bertz CT molecular complexity index is 727. The van der Waals surface area contributed by atoms with Crippen molar-refractivity contribution in [3.05, 3.63) is 29.8 Å². The molecule has 6 nitrogen and oxygen atoms in total. The van der Waals surface area contributed by atoms with Crippen LogP contribution in [-0.2, 0) is 14.6 Å². The summed E-state index contributed by atoms with van der Waals surface area (Å²) in [4.78, 5) is 14.8. The molecule has 3 rings (SSSR count). The fraction of sp³-hybridized carbons (Fsp3) is 0.650. The Labute approximate surface area is 162 Å². The number of piperidine rings is 1. The Morgan fingerprint density at radius 2 is 1.93 bits per heavy atom. The zero-order valence-electron chi connectivity index (χ0n) is 16.0. The molecule has 27 heavy (non-hydrogen) atoms. The second kappa shape index (κ2) is 9.06. The minimum Gasteiger partial charge on any atom is -0.497 e. The van der Waals surface area contributed by atoms with Crippen LogP contribution >= 0.6 is 0 Å². The number of sulfone groups is 1. The number of ether oxygens (including phenoxy) is 1. The molecule has 0 aliphatic carbocycles. The van der Waals surface area contributed by atoms with Gasteiger partial charge in [0.2, 0.25) is 5.91 Å². The van der Waals surface area contributed by atoms with Gasteiger partial charge >= 0.3 is 0 Å². The lowest BCUT2D eigenvalue weighted by Gasteiger charge is -2.35. The van der Waals surface area contributed by atoms with Crippen molar-refractivity contribution in [1.82, 2.24) is 10.2 Å². The summed E-state index contributed by atoms with van der Waals surface area (Å²) in [6.45, 7) is 2.62. The van der Waals surface area contributed by atoms with E-state index in [1.807, 2.05) is 12.1 Å². The number of carbonyl (C=O) groups is 1. The molecule has 1 aromatic carbocycles. The largest absolute Gasteiger partial charge is 0.497 e. The highest BCUT2D eigenvalue weighted by Crippen LogP contribution is 2.26. The van der Waals surface area contributed by atoms with Gasteiger partial charge < -0.3 is 10.1 Å². The molecule has 0 aromatic heterocycles. The Balaban J connectivity index is 1.61. The van der Waals surface area contributed by atoms with Gasteiger partial charge in [-0.1, -0.05) is 18.6 Å². The monoisotopic (exact) mass is 394 g/mol. The van der Waals surface area contributed by atoms with Crippen LogP contribution in [0.3, 0.4) is 0 Å². The maximum Gasteiger partial charge on any atom is 0.220 e. The van der Waals surface area contributed by atoms with Gasteiger partial charge in [-0.25, -0.2) is 8.42 Å². The molecule has 2 fully saturated rings. The van der Waals surface area contributed by atoms with Crippen LogP contribution in [0.4, 0.5) is 0 Å². The van der Waals surface area contributed by atoms with Crippen LogP contribution in [0, 0.1) is 5.92 Å². The molecule has 2 heterocycles. The molecule has 2 atom stereocenters. The van der Waals surface area contributed by atoms with Crippen LogP contribution in [0.5, 0.6) is 5.75 Å². The number of methoxy groups -OCH3 is 1. The van der Waals surface area contributed by atoms with Gasteiger partial charge in [0, 0.05) is 13.0 Å². The van der Waals surface area contributed by atoms with Gasteiger partial charge in [-0.2, -0.15) is 0 Å². The molecule has 0 spiro atoms. The quantitative estimate of drug-likeness (QED) is 0.767. The first-order valence-corrected chi connectivity index (χ1v) is 11.6. The van der Waals surface area contributed by atoms with Crippen LogP contribution < -0.4 is 10.1 Å². The lowest BCUT2D eigenvalue weighted by Crippen LogP contribution is -2.41. The van der Waals surface area contributed by atoms with E-state index in [9.17, 15) is 13.2 Å². The Hall–Kier alpha value is -1.60. The lowest BCUT2D eigenvalue weighted by atomic mass is 10.0. The predicted molar refractivity (Wildman–Crippen MR) is 106 cm³/mol. The highest BCUT2D eigenvalue weighted by Gasteiger charge is 2.30. The first-order valence-electron chi connectivity index (χ1n) is 9.82. The van der Waals surface area contributed by atoms with Gasteiger partial charge in [-0.05, 0) is 56.0 Å². The smallest absolute Gasteiger partial charge is 0.220 e. The van der Waals surface area contributed by atoms with Crippen LogP contribution in [0.25, 0.3) is 0 Å². The van der Waals surface area contributed by atoms with Gasteiger partial charge in [0.15, 0.2) is 9.84 Å². The number of amides is 1. The Kier molecular flexibility index (Phi) is 6.76. The molecular weight excluding hydrogens is 364 g/mol. The zero-order chi connectivity index (χ0) is 19.3. The van der Waals surface area contributed by atoms with Crippen molar-refractivity contribution >= 4 is 15.7 Å². The van der Waals surface area contributed by atoms with E-state index in [-0.39, 0.29) is 29.4 Å². The minimum absolute atomic E-state index is 0.0376. The third-order valence-corrected chi connectivity index (χ3v) is 7.46. The molecule has 2 aliphatic rings. The van der Waals surface area contributed by atoms with Crippen LogP contribution in [0.1, 0.15) is 43.7 Å². The number of hydrogen-bond acceptors (Lipinski definition) is 5. The second-order valence-corrected chi connectivity index (χ2v) is 9.89. The third kappa shape index (κ3) is 5.69. The van der Waals surface area contributed by atoms with Crippen molar-refractivity contribution in [3.63, 3.8) is 0 Å². The Morgan fingerprint density at radius 3 is 2.52 bits per heavy atom. The molecule has 0 bridgehead atoms. The van der Waals surface area contributed by atoms with E-state index in [0.29, 0.717) is 19.4 Å². The van der Waals surface area contributed by atoms with E-state index in [1.54, 1.807) is 7.11 Å². The fourth-order valence-electron chi connectivity index (χ4n) is 4.09. The molecule has 7 heteroatoms. The fourth-order valence-corrected chi connectivity index (χ4v) is 5.95. The van der Waals surface area contributed by atoms with Crippen molar-refractivity contribution < 1.29 is 17.9 Å². The van der Waals surface area contributed by atoms with Gasteiger partial charge in [0.25, 0.3) is 0 Å². The average molecular weight is 395 g/mol. The van der Waals surface area contributed by atoms with Gasteiger partial charge in [0.1, 0.15) is 5.75 Å². The number of rotatable bonds is 7. The molecule has 1 aromatic rings. The van der Waals surface area contributed by atoms with E-state index < -0.39 is 9.84 Å². The van der Waals surface area contributed by atoms with Crippen molar-refractivity contribution in [2.24, 2.45) is 5.92 Å². The second-order valence-electron chi connectivity index (χ2n) is 7.66. The first-order chi connectivity index (χ1) is 13.0. The van der Waals surface area contributed by atoms with Crippen molar-refractivity contribution in [2.45, 2.75) is 38.1 Å². The Morgan fingerprint density at radius 1 is 1.22 bits per heavy atom. The molecular formula is C20H30N2O4S. The summed E-state index contributed by atoms with van der Waals surface area (Å²) >= 11 is 0. The summed E-state index contributed by atoms with van der Waals surface area (Å²) in [5, 5.41) is 3.05. The molecule has 0 radical (unpaired) electrons. The topological polar surface area (TPSA) is 75.7 Å². The van der Waals surface area contributed by atoms with Gasteiger partial charge in [-0.15, -0.1) is 0 Å². The van der Waals surface area contributed by atoms with E-state index >= 15 is 0 Å². The summed E-state index contributed by atoms with van der Waals surface area (Å²) in [5.41, 5.74) is 1.17. The zero-order valence-corrected chi connectivity index (χ0v) is 16.8. The van der Waals surface area contributed by atoms with Crippen LogP contribution in [0.15, 0.2) is 24.3 Å². The van der Waals surface area contributed by atoms with Crippen molar-refractivity contribution in [1.29, 1.82) is 0 Å². The highest BCUT2D eigenvalue weighted by molar-refractivity contribution is 7.91. The maximum atomic E-state index is 12.4. The SMILES string of the molecule is COc1ccc(C(CNC(=O)CC2CCS(=O)(=O)C2)N2CCCCC2)cc1. The van der Waals surface area contributed by atoms with E-state index in [1.165, 1.54) is 24.8 Å². The number of benzene rings is 1. The number of likely N-dealkylation sites (tertiary alicyclic amines) is 1. The summed E-state index contributed by atoms with van der Waals surface area (Å²) in [5.74, 6) is 1.10. The predicted octanol–water partition coefficient (Wildman–Crippen LogP) is 2.16. The molecule has 2 aliphatic heterocycles. The van der Waals surface area contributed by atoms with Crippen molar-refractivity contribution in [2.75, 3.05) is 38.2 Å². The van der Waals surface area contributed by atoms with Gasteiger partial charge in [0.05, 0.1) is 24.7 Å². The minimum atomic E-state index is -2.94. The summed E-state index contributed by atoms with van der Waals surface area (Å²) in [7, 11) is -1.29. The normalized spacial score (nSPS) is 23.7. The lowest BCUT2D eigenvalue weighted by molar-refractivity contribution is -0.122. The van der Waals surface area contributed by atoms with E-state index in [4.69, 9.17) is 4.74 Å². The third-order valence-electron chi connectivity index (χ3n) is 5.63. The molecule has 1 N–H and O–H groups in total. The molecule has 0 saturated carbocycles. The van der Waals surface area contributed by atoms with Crippen LogP contribution in [-0.4, -0.2) is 57.5 Å². The number of hydrogen-bond donors (Lipinski definition) is 1.